The van der Waals surface area contributed by atoms with Crippen molar-refractivity contribution in [3.8, 4) is 5.75 Å². The standard InChI is InChI=1S/C17H25N3O/c1-5-11-18-17(16-10-12-19-20(16)4)14-6-8-15(9-7-14)21-13(2)3/h6-10,12-13,17-18H,5,11H2,1-4H3. The molecule has 1 aromatic carbocycles. The summed E-state index contributed by atoms with van der Waals surface area (Å²) in [5.74, 6) is 0.910. The highest BCUT2D eigenvalue weighted by atomic mass is 16.5. The third-order valence-corrected chi connectivity index (χ3v) is 3.34. The first-order valence-electron chi connectivity index (χ1n) is 7.59. The van der Waals surface area contributed by atoms with Gasteiger partial charge in [-0.3, -0.25) is 4.68 Å². The number of nitrogens with zero attached hydrogens (tertiary/aromatic N) is 2. The van der Waals surface area contributed by atoms with Gasteiger partial charge in [0.2, 0.25) is 0 Å². The highest BCUT2D eigenvalue weighted by Gasteiger charge is 2.16. The first kappa shape index (κ1) is 15.6. The van der Waals surface area contributed by atoms with Gasteiger partial charge in [0.15, 0.2) is 0 Å². The monoisotopic (exact) mass is 287 g/mol. The van der Waals surface area contributed by atoms with E-state index >= 15 is 0 Å². The Balaban J connectivity index is 2.22. The molecule has 0 amide bonds. The third kappa shape index (κ3) is 4.08. The van der Waals surface area contributed by atoms with Crippen molar-refractivity contribution in [2.24, 2.45) is 7.05 Å². The van der Waals surface area contributed by atoms with Gasteiger partial charge in [0.25, 0.3) is 0 Å². The average molecular weight is 287 g/mol. The van der Waals surface area contributed by atoms with Gasteiger partial charge >= 0.3 is 0 Å². The molecule has 1 N–H and O–H groups in total. The number of hydrogen-bond acceptors (Lipinski definition) is 3. The first-order chi connectivity index (χ1) is 10.1. The molecule has 0 saturated heterocycles. The van der Waals surface area contributed by atoms with Crippen LogP contribution in [0.25, 0.3) is 0 Å². The highest BCUT2D eigenvalue weighted by molar-refractivity contribution is 5.33. The molecular formula is C17H25N3O. The number of benzene rings is 1. The van der Waals surface area contributed by atoms with E-state index in [0.717, 1.165) is 18.7 Å². The van der Waals surface area contributed by atoms with Crippen LogP contribution in [-0.2, 0) is 7.05 Å². The van der Waals surface area contributed by atoms with Crippen LogP contribution in [0.3, 0.4) is 0 Å². The van der Waals surface area contributed by atoms with Gasteiger partial charge in [0.1, 0.15) is 5.75 Å². The maximum absolute atomic E-state index is 5.71. The van der Waals surface area contributed by atoms with Crippen LogP contribution in [0.15, 0.2) is 36.5 Å². The van der Waals surface area contributed by atoms with Crippen LogP contribution in [-0.4, -0.2) is 22.4 Å². The Morgan fingerprint density at radius 3 is 2.43 bits per heavy atom. The van der Waals surface area contributed by atoms with Crippen molar-refractivity contribution >= 4 is 0 Å². The molecule has 4 nitrogen and oxygen atoms in total. The van der Waals surface area contributed by atoms with Crippen LogP contribution in [0.2, 0.25) is 0 Å². The Kier molecular flexibility index (Phi) is 5.39. The second kappa shape index (κ2) is 7.27. The maximum Gasteiger partial charge on any atom is 0.119 e. The summed E-state index contributed by atoms with van der Waals surface area (Å²) in [6, 6.07) is 10.5. The van der Waals surface area contributed by atoms with Crippen molar-refractivity contribution in [2.75, 3.05) is 6.54 Å². The van der Waals surface area contributed by atoms with Gasteiger partial charge in [-0.1, -0.05) is 19.1 Å². The number of aryl methyl sites for hydroxylation is 1. The van der Waals surface area contributed by atoms with Crippen molar-refractivity contribution < 1.29 is 4.74 Å². The van der Waals surface area contributed by atoms with Gasteiger partial charge in [-0.05, 0) is 50.6 Å². The van der Waals surface area contributed by atoms with Crippen molar-refractivity contribution in [2.45, 2.75) is 39.3 Å². The van der Waals surface area contributed by atoms with E-state index in [-0.39, 0.29) is 12.1 Å². The van der Waals surface area contributed by atoms with Gasteiger partial charge in [0, 0.05) is 13.2 Å². The lowest BCUT2D eigenvalue weighted by molar-refractivity contribution is 0.242. The Labute approximate surface area is 127 Å². The zero-order chi connectivity index (χ0) is 15.2. The van der Waals surface area contributed by atoms with E-state index in [1.807, 2.05) is 43.9 Å². The summed E-state index contributed by atoms with van der Waals surface area (Å²) in [5, 5.41) is 7.87. The van der Waals surface area contributed by atoms with E-state index < -0.39 is 0 Å². The molecule has 114 valence electrons. The summed E-state index contributed by atoms with van der Waals surface area (Å²) in [6.45, 7) is 7.22. The predicted octanol–water partition coefficient (Wildman–Crippen LogP) is 3.30. The molecule has 0 aliphatic rings. The minimum atomic E-state index is 0.158. The minimum Gasteiger partial charge on any atom is -0.491 e. The van der Waals surface area contributed by atoms with Crippen LogP contribution >= 0.6 is 0 Å². The summed E-state index contributed by atoms with van der Waals surface area (Å²) >= 11 is 0. The number of rotatable bonds is 7. The molecule has 2 rings (SSSR count). The SMILES string of the molecule is CCCNC(c1ccc(OC(C)C)cc1)c1ccnn1C. The molecular weight excluding hydrogens is 262 g/mol. The second-order valence-corrected chi connectivity index (χ2v) is 5.50. The highest BCUT2D eigenvalue weighted by Crippen LogP contribution is 2.24. The fraction of sp³-hybridized carbons (Fsp3) is 0.471. The average Bonchev–Trinajstić information content (AvgIpc) is 2.87. The fourth-order valence-corrected chi connectivity index (χ4v) is 2.36. The summed E-state index contributed by atoms with van der Waals surface area (Å²) in [7, 11) is 1.98. The molecule has 1 aromatic heterocycles. The molecule has 0 radical (unpaired) electrons. The lowest BCUT2D eigenvalue weighted by Gasteiger charge is -2.20. The van der Waals surface area contributed by atoms with E-state index in [4.69, 9.17) is 4.74 Å². The van der Waals surface area contributed by atoms with Crippen molar-refractivity contribution in [1.82, 2.24) is 15.1 Å². The van der Waals surface area contributed by atoms with E-state index in [0.29, 0.717) is 0 Å². The first-order valence-corrected chi connectivity index (χ1v) is 7.59. The minimum absolute atomic E-state index is 0.158. The molecule has 0 bridgehead atoms. The van der Waals surface area contributed by atoms with Gasteiger partial charge in [0.05, 0.1) is 17.8 Å². The summed E-state index contributed by atoms with van der Waals surface area (Å²) < 4.78 is 7.63. The van der Waals surface area contributed by atoms with Gasteiger partial charge in [-0.2, -0.15) is 5.10 Å². The Hall–Kier alpha value is -1.81. The lowest BCUT2D eigenvalue weighted by Crippen LogP contribution is -2.25. The van der Waals surface area contributed by atoms with E-state index in [1.54, 1.807) is 0 Å². The number of hydrogen-bond donors (Lipinski definition) is 1. The molecule has 2 aromatic rings. The molecule has 0 fully saturated rings. The van der Waals surface area contributed by atoms with Crippen molar-refractivity contribution in [3.05, 3.63) is 47.8 Å². The van der Waals surface area contributed by atoms with Gasteiger partial charge in [-0.15, -0.1) is 0 Å². The zero-order valence-corrected chi connectivity index (χ0v) is 13.3. The Morgan fingerprint density at radius 1 is 1.19 bits per heavy atom. The third-order valence-electron chi connectivity index (χ3n) is 3.34. The van der Waals surface area contributed by atoms with Crippen LogP contribution in [0.5, 0.6) is 5.75 Å². The van der Waals surface area contributed by atoms with Crippen LogP contribution < -0.4 is 10.1 Å². The maximum atomic E-state index is 5.71. The quantitative estimate of drug-likeness (QED) is 0.849. The zero-order valence-electron chi connectivity index (χ0n) is 13.3. The largest absolute Gasteiger partial charge is 0.491 e. The number of ether oxygens (including phenoxy) is 1. The number of aromatic nitrogens is 2. The van der Waals surface area contributed by atoms with Crippen molar-refractivity contribution in [1.29, 1.82) is 0 Å². The molecule has 21 heavy (non-hydrogen) atoms. The molecule has 4 heteroatoms. The normalized spacial score (nSPS) is 12.6. The van der Waals surface area contributed by atoms with Crippen LogP contribution in [0.1, 0.15) is 44.5 Å². The Bertz CT molecular complexity index is 545. The van der Waals surface area contributed by atoms with E-state index in [1.165, 1.54) is 11.3 Å². The predicted molar refractivity (Wildman–Crippen MR) is 85.6 cm³/mol. The van der Waals surface area contributed by atoms with Crippen molar-refractivity contribution in [3.63, 3.8) is 0 Å². The topological polar surface area (TPSA) is 39.1 Å². The molecule has 1 heterocycles. The molecule has 1 atom stereocenters. The molecule has 0 saturated carbocycles. The molecule has 1 unspecified atom stereocenters. The Morgan fingerprint density at radius 2 is 1.90 bits per heavy atom. The second-order valence-electron chi connectivity index (χ2n) is 5.50. The summed E-state index contributed by atoms with van der Waals surface area (Å²) in [4.78, 5) is 0. The van der Waals surface area contributed by atoms with Crippen LogP contribution in [0, 0.1) is 0 Å². The van der Waals surface area contributed by atoms with E-state index in [9.17, 15) is 0 Å². The lowest BCUT2D eigenvalue weighted by atomic mass is 10.0. The number of nitrogens with one attached hydrogen (secondary N) is 1. The van der Waals surface area contributed by atoms with E-state index in [2.05, 4.69) is 35.5 Å². The fourth-order valence-electron chi connectivity index (χ4n) is 2.36. The van der Waals surface area contributed by atoms with Crippen LogP contribution in [0.4, 0.5) is 0 Å². The molecule has 0 aliphatic carbocycles. The molecule has 0 aliphatic heterocycles. The van der Waals surface area contributed by atoms with Gasteiger partial charge in [-0.25, -0.2) is 0 Å². The summed E-state index contributed by atoms with van der Waals surface area (Å²) in [5.41, 5.74) is 2.39. The summed E-state index contributed by atoms with van der Waals surface area (Å²) in [6.07, 6.45) is 3.14. The van der Waals surface area contributed by atoms with Gasteiger partial charge < -0.3 is 10.1 Å². The molecule has 0 spiro atoms. The smallest absolute Gasteiger partial charge is 0.119 e.